The molecule has 2 aliphatic carbocycles. The summed E-state index contributed by atoms with van der Waals surface area (Å²) < 4.78 is 7.77. The molecule has 6 aromatic carbocycles. The van der Waals surface area contributed by atoms with Crippen LogP contribution >= 0.6 is 0 Å². The normalized spacial score (nSPS) is 16.4. The van der Waals surface area contributed by atoms with Gasteiger partial charge in [-0.2, -0.15) is 0 Å². The van der Waals surface area contributed by atoms with Crippen LogP contribution in [-0.4, -0.2) is 3.26 Å². The number of hydrogen-bond acceptors (Lipinski definition) is 0. The zero-order chi connectivity index (χ0) is 34.6. The van der Waals surface area contributed by atoms with Gasteiger partial charge in [0.15, 0.2) is 0 Å². The van der Waals surface area contributed by atoms with E-state index in [0.717, 1.165) is 0 Å². The van der Waals surface area contributed by atoms with Crippen LogP contribution in [0.4, 0.5) is 0 Å². The molecule has 0 N–H and O–H groups in total. The fourth-order valence-corrected chi connectivity index (χ4v) is 34.2. The van der Waals surface area contributed by atoms with Crippen molar-refractivity contribution in [3.8, 4) is 22.3 Å². The SMILES string of the molecule is Cc1ccc([C](c2ccc(C)cc2)=[Hf]([CH3])([CH3])([CH]2C=Cc3c(-c4ccc(C)cc4)cccc32)[CH]2C=Cc3c(-c4ccc(C)cc4)cccc32)cc1. The quantitative estimate of drug-likeness (QED) is 0.147. The Kier molecular flexibility index (Phi) is 8.11. The van der Waals surface area contributed by atoms with Crippen molar-refractivity contribution in [2.24, 2.45) is 0 Å². The summed E-state index contributed by atoms with van der Waals surface area (Å²) in [5, 5.41) is 0. The summed E-state index contributed by atoms with van der Waals surface area (Å²) in [5.74, 6) is 0. The van der Waals surface area contributed by atoms with Gasteiger partial charge in [-0.3, -0.25) is 0 Å². The average Bonchev–Trinajstić information content (AvgIpc) is 3.78. The van der Waals surface area contributed by atoms with Crippen LogP contribution in [0.5, 0.6) is 0 Å². The van der Waals surface area contributed by atoms with Crippen LogP contribution in [0.25, 0.3) is 34.4 Å². The van der Waals surface area contributed by atoms with Crippen molar-refractivity contribution in [2.45, 2.75) is 44.4 Å². The van der Waals surface area contributed by atoms with E-state index in [2.05, 4.69) is 195 Å². The van der Waals surface area contributed by atoms with Crippen LogP contribution in [0.2, 0.25) is 9.36 Å². The zero-order valence-electron chi connectivity index (χ0n) is 30.2. The molecular formula is C49H46Hf. The van der Waals surface area contributed by atoms with Gasteiger partial charge in [-0.25, -0.2) is 0 Å². The number of aryl methyl sites for hydroxylation is 4. The van der Waals surface area contributed by atoms with E-state index in [9.17, 15) is 0 Å². The molecule has 2 unspecified atom stereocenters. The molecule has 0 saturated heterocycles. The van der Waals surface area contributed by atoms with Crippen molar-refractivity contribution in [3.05, 3.63) is 201 Å². The van der Waals surface area contributed by atoms with Crippen LogP contribution < -0.4 is 0 Å². The second-order valence-electron chi connectivity index (χ2n) is 15.7. The fraction of sp³-hybridized carbons (Fsp3) is 0.163. The minimum atomic E-state index is -4.61. The van der Waals surface area contributed by atoms with E-state index in [0.29, 0.717) is 7.35 Å². The third-order valence-electron chi connectivity index (χ3n) is 12.0. The van der Waals surface area contributed by atoms with Crippen LogP contribution in [0, 0.1) is 27.7 Å². The second-order valence-corrected chi connectivity index (χ2v) is 40.8. The van der Waals surface area contributed by atoms with Gasteiger partial charge in [0.2, 0.25) is 0 Å². The Labute approximate surface area is 299 Å². The molecule has 246 valence electrons. The molecule has 0 nitrogen and oxygen atoms in total. The third kappa shape index (κ3) is 5.33. The molecule has 0 fully saturated rings. The van der Waals surface area contributed by atoms with E-state index in [1.54, 1.807) is 3.26 Å². The Morgan fingerprint density at radius 3 is 1.12 bits per heavy atom. The summed E-state index contributed by atoms with van der Waals surface area (Å²) in [6, 6.07) is 51.0. The molecule has 0 heterocycles. The van der Waals surface area contributed by atoms with Gasteiger partial charge in [-0.05, 0) is 0 Å². The molecule has 0 saturated carbocycles. The van der Waals surface area contributed by atoms with Crippen LogP contribution in [0.3, 0.4) is 0 Å². The van der Waals surface area contributed by atoms with Crippen molar-refractivity contribution in [2.75, 3.05) is 0 Å². The molecule has 0 radical (unpaired) electrons. The number of benzene rings is 6. The Morgan fingerprint density at radius 1 is 0.420 bits per heavy atom. The zero-order valence-corrected chi connectivity index (χ0v) is 33.8. The van der Waals surface area contributed by atoms with E-state index >= 15 is 0 Å². The van der Waals surface area contributed by atoms with Gasteiger partial charge >= 0.3 is 301 Å². The van der Waals surface area contributed by atoms with E-state index in [-0.39, 0.29) is 0 Å². The van der Waals surface area contributed by atoms with Gasteiger partial charge in [0.05, 0.1) is 0 Å². The number of fused-ring (bicyclic) bond motifs is 2. The first kappa shape index (κ1) is 32.7. The molecule has 2 atom stereocenters. The third-order valence-corrected chi connectivity index (χ3v) is 37.1. The molecule has 8 rings (SSSR count). The summed E-state index contributed by atoms with van der Waals surface area (Å²) >= 11 is -4.61. The Bertz CT molecular complexity index is 2210. The van der Waals surface area contributed by atoms with E-state index in [1.807, 2.05) is 0 Å². The fourth-order valence-electron chi connectivity index (χ4n) is 9.21. The number of rotatable bonds is 6. The van der Waals surface area contributed by atoms with Crippen LogP contribution in [-0.2, 0) is 18.0 Å². The van der Waals surface area contributed by atoms with Gasteiger partial charge in [0.1, 0.15) is 0 Å². The van der Waals surface area contributed by atoms with Gasteiger partial charge < -0.3 is 0 Å². The van der Waals surface area contributed by atoms with E-state index < -0.39 is 18.0 Å². The molecule has 1 heteroatoms. The number of allylic oxidation sites excluding steroid dienone is 2. The van der Waals surface area contributed by atoms with Crippen LogP contribution in [0.15, 0.2) is 146 Å². The van der Waals surface area contributed by atoms with E-state index in [4.69, 9.17) is 0 Å². The first-order chi connectivity index (χ1) is 24.1. The van der Waals surface area contributed by atoms with Gasteiger partial charge in [0.25, 0.3) is 0 Å². The van der Waals surface area contributed by atoms with Gasteiger partial charge in [0, 0.05) is 0 Å². The van der Waals surface area contributed by atoms with Crippen molar-refractivity contribution >= 4 is 15.4 Å². The summed E-state index contributed by atoms with van der Waals surface area (Å²) in [6.45, 7) is 8.73. The maximum absolute atomic E-state index is 4.61. The second kappa shape index (κ2) is 12.4. The molecule has 0 aromatic heterocycles. The standard InChI is InChI=1S/2C16H13.C15H14.2CH3.Hf/c2*1-12-8-10-14(11-9-12)16-7-3-5-13-4-2-6-15(13)16;1-12-3-7-14(8-4-12)11-15-9-5-13(2)6-10-15;;;/h2*2-11H,1H3;3-10H,1-2H3;2*1H3;. The average molecular weight is 813 g/mol. The molecule has 2 aliphatic rings. The maximum atomic E-state index is 2.78. The van der Waals surface area contributed by atoms with Gasteiger partial charge in [-0.15, -0.1) is 0 Å². The molecule has 0 amide bonds. The van der Waals surface area contributed by atoms with E-state index in [1.165, 1.54) is 77.9 Å². The van der Waals surface area contributed by atoms with Crippen molar-refractivity contribution in [1.29, 1.82) is 0 Å². The van der Waals surface area contributed by atoms with Gasteiger partial charge in [-0.1, -0.05) is 0 Å². The van der Waals surface area contributed by atoms with Crippen molar-refractivity contribution in [3.63, 3.8) is 0 Å². The first-order valence-electron chi connectivity index (χ1n) is 18.1. The summed E-state index contributed by atoms with van der Waals surface area (Å²) in [7, 11) is 0. The molecule has 6 aromatic rings. The Balaban J connectivity index is 1.45. The molecule has 0 aliphatic heterocycles. The molecular weight excluding hydrogens is 767 g/mol. The predicted octanol–water partition coefficient (Wildman–Crippen LogP) is 13.1. The summed E-state index contributed by atoms with van der Waals surface area (Å²) in [5.41, 5.74) is 18.9. The first-order valence-corrected chi connectivity index (χ1v) is 31.2. The van der Waals surface area contributed by atoms with Crippen molar-refractivity contribution in [1.82, 2.24) is 0 Å². The monoisotopic (exact) mass is 814 g/mol. The predicted molar refractivity (Wildman–Crippen MR) is 214 cm³/mol. The molecule has 50 heavy (non-hydrogen) atoms. The summed E-state index contributed by atoms with van der Waals surface area (Å²) in [6.07, 6.45) is 10.1. The topological polar surface area (TPSA) is 0 Å². The number of hydrogen-bond donors (Lipinski definition) is 0. The van der Waals surface area contributed by atoms with Crippen LogP contribution in [0.1, 0.15) is 63.0 Å². The summed E-state index contributed by atoms with van der Waals surface area (Å²) in [4.78, 5) is 0. The molecule has 0 bridgehead atoms. The molecule has 0 spiro atoms. The van der Waals surface area contributed by atoms with Crippen molar-refractivity contribution < 1.29 is 18.0 Å². The minimum absolute atomic E-state index is 0.314. The Morgan fingerprint density at radius 2 is 0.760 bits per heavy atom. The Hall–Kier alpha value is -4.46.